The van der Waals surface area contributed by atoms with E-state index in [0.717, 1.165) is 37.1 Å². The van der Waals surface area contributed by atoms with Gasteiger partial charge in [0.2, 0.25) is 0 Å². The van der Waals surface area contributed by atoms with Crippen LogP contribution in [0.3, 0.4) is 0 Å². The highest BCUT2D eigenvalue weighted by atomic mass is 16.2. The summed E-state index contributed by atoms with van der Waals surface area (Å²) < 4.78 is 0. The monoisotopic (exact) mass is 329 g/mol. The fourth-order valence-electron chi connectivity index (χ4n) is 3.23. The Morgan fingerprint density at radius 2 is 1.60 bits per heavy atom. The molecule has 0 atom stereocenters. The molecular formula is C21H19N3O. The largest absolute Gasteiger partial charge is 0.308 e. The summed E-state index contributed by atoms with van der Waals surface area (Å²) in [5, 5.41) is 0. The van der Waals surface area contributed by atoms with Gasteiger partial charge in [0, 0.05) is 30.2 Å². The molecule has 0 N–H and O–H groups in total. The van der Waals surface area contributed by atoms with Gasteiger partial charge in [-0.1, -0.05) is 48.5 Å². The Labute approximate surface area is 147 Å². The highest BCUT2D eigenvalue weighted by molar-refractivity contribution is 6.06. The van der Waals surface area contributed by atoms with Gasteiger partial charge in [0.15, 0.2) is 5.82 Å². The van der Waals surface area contributed by atoms with Gasteiger partial charge in [-0.05, 0) is 30.9 Å². The summed E-state index contributed by atoms with van der Waals surface area (Å²) in [6.07, 6.45) is 6.38. The average Bonchev–Trinajstić information content (AvgIpc) is 2.91. The Morgan fingerprint density at radius 3 is 2.40 bits per heavy atom. The molecular weight excluding hydrogens is 310 g/mol. The molecule has 1 aliphatic heterocycles. The predicted molar refractivity (Wildman–Crippen MR) is 98.5 cm³/mol. The van der Waals surface area contributed by atoms with Crippen molar-refractivity contribution in [3.63, 3.8) is 0 Å². The Hall–Kier alpha value is -3.01. The third-order valence-corrected chi connectivity index (χ3v) is 4.54. The number of nitrogens with zero attached hydrogens (tertiary/aromatic N) is 3. The summed E-state index contributed by atoms with van der Waals surface area (Å²) in [5.41, 5.74) is 3.71. The van der Waals surface area contributed by atoms with Gasteiger partial charge < -0.3 is 4.90 Å². The van der Waals surface area contributed by atoms with Crippen LogP contribution in [-0.2, 0) is 6.42 Å². The Morgan fingerprint density at radius 1 is 0.880 bits per heavy atom. The third-order valence-electron chi connectivity index (χ3n) is 4.54. The lowest BCUT2D eigenvalue weighted by molar-refractivity contribution is 0.0986. The van der Waals surface area contributed by atoms with Crippen LogP contribution in [-0.4, -0.2) is 22.4 Å². The fraction of sp³-hybridized carbons (Fsp3) is 0.190. The number of amides is 1. The van der Waals surface area contributed by atoms with Crippen molar-refractivity contribution in [2.75, 3.05) is 11.4 Å². The number of carbonyl (C=O) groups excluding carboxylic acids is 1. The van der Waals surface area contributed by atoms with Crippen molar-refractivity contribution in [3.8, 4) is 11.4 Å². The summed E-state index contributed by atoms with van der Waals surface area (Å²) in [7, 11) is 0. The van der Waals surface area contributed by atoms with Crippen LogP contribution in [0.5, 0.6) is 0 Å². The molecule has 1 amide bonds. The highest BCUT2D eigenvalue weighted by Gasteiger charge is 2.22. The number of carbonyl (C=O) groups is 1. The number of anilines is 1. The lowest BCUT2D eigenvalue weighted by Gasteiger charge is -2.22. The van der Waals surface area contributed by atoms with Crippen molar-refractivity contribution in [2.24, 2.45) is 0 Å². The number of rotatable bonds is 2. The van der Waals surface area contributed by atoms with Crippen LogP contribution in [0.15, 0.2) is 67.0 Å². The fourth-order valence-corrected chi connectivity index (χ4v) is 3.23. The summed E-state index contributed by atoms with van der Waals surface area (Å²) in [6, 6.07) is 17.9. The van der Waals surface area contributed by atoms with Crippen LogP contribution in [0.1, 0.15) is 28.8 Å². The van der Waals surface area contributed by atoms with E-state index in [1.165, 1.54) is 5.56 Å². The molecule has 0 unspecified atom stereocenters. The van der Waals surface area contributed by atoms with E-state index in [1.54, 1.807) is 12.4 Å². The molecule has 0 saturated heterocycles. The maximum absolute atomic E-state index is 13.0. The van der Waals surface area contributed by atoms with Crippen molar-refractivity contribution in [2.45, 2.75) is 19.3 Å². The maximum atomic E-state index is 13.0. The molecule has 4 heteroatoms. The number of hydrogen-bond acceptors (Lipinski definition) is 3. The van der Waals surface area contributed by atoms with Crippen LogP contribution in [0.25, 0.3) is 11.4 Å². The predicted octanol–water partition coefficient (Wildman–Crippen LogP) is 4.13. The van der Waals surface area contributed by atoms with Gasteiger partial charge >= 0.3 is 0 Å². The summed E-state index contributed by atoms with van der Waals surface area (Å²) in [5.74, 6) is 0.599. The number of para-hydroxylation sites is 1. The smallest absolute Gasteiger partial charge is 0.261 e. The maximum Gasteiger partial charge on any atom is 0.261 e. The van der Waals surface area contributed by atoms with Crippen LogP contribution in [0, 0.1) is 0 Å². The minimum Gasteiger partial charge on any atom is -0.308 e. The standard InChI is InChI=1S/C21H19N3O/c25-21(24-13-7-6-9-16-8-4-5-12-19(16)24)18-14-22-20(23-15-18)17-10-2-1-3-11-17/h1-5,8,10-12,14-15H,6-7,9,13H2. The van der Waals surface area contributed by atoms with E-state index in [2.05, 4.69) is 16.0 Å². The number of aryl methyl sites for hydroxylation is 1. The van der Waals surface area contributed by atoms with E-state index in [-0.39, 0.29) is 5.91 Å². The van der Waals surface area contributed by atoms with E-state index < -0.39 is 0 Å². The molecule has 4 rings (SSSR count). The van der Waals surface area contributed by atoms with E-state index in [4.69, 9.17) is 0 Å². The molecule has 3 aromatic rings. The van der Waals surface area contributed by atoms with E-state index in [0.29, 0.717) is 11.4 Å². The van der Waals surface area contributed by atoms with Crippen LogP contribution < -0.4 is 4.90 Å². The summed E-state index contributed by atoms with van der Waals surface area (Å²) >= 11 is 0. The number of aromatic nitrogens is 2. The summed E-state index contributed by atoms with van der Waals surface area (Å²) in [4.78, 5) is 23.6. The number of benzene rings is 2. The van der Waals surface area contributed by atoms with Crippen LogP contribution in [0.2, 0.25) is 0 Å². The lowest BCUT2D eigenvalue weighted by Crippen LogP contribution is -2.32. The first-order valence-corrected chi connectivity index (χ1v) is 8.60. The van der Waals surface area contributed by atoms with Crippen molar-refractivity contribution < 1.29 is 4.79 Å². The molecule has 1 aliphatic rings. The molecule has 0 radical (unpaired) electrons. The lowest BCUT2D eigenvalue weighted by atomic mass is 10.1. The van der Waals surface area contributed by atoms with Gasteiger partial charge in [0.05, 0.1) is 5.56 Å². The number of fused-ring (bicyclic) bond motifs is 1. The molecule has 4 nitrogen and oxygen atoms in total. The van der Waals surface area contributed by atoms with Gasteiger partial charge in [-0.15, -0.1) is 0 Å². The van der Waals surface area contributed by atoms with Gasteiger partial charge in [0.1, 0.15) is 0 Å². The zero-order chi connectivity index (χ0) is 17.1. The molecule has 0 aliphatic carbocycles. The van der Waals surface area contributed by atoms with Gasteiger partial charge in [-0.2, -0.15) is 0 Å². The quantitative estimate of drug-likeness (QED) is 0.710. The molecule has 0 saturated carbocycles. The normalized spacial score (nSPS) is 13.8. The van der Waals surface area contributed by atoms with Gasteiger partial charge in [-0.25, -0.2) is 9.97 Å². The molecule has 25 heavy (non-hydrogen) atoms. The summed E-state index contributed by atoms with van der Waals surface area (Å²) in [6.45, 7) is 0.732. The van der Waals surface area contributed by atoms with Crippen LogP contribution in [0.4, 0.5) is 5.69 Å². The molecule has 1 aromatic heterocycles. The first kappa shape index (κ1) is 15.5. The number of hydrogen-bond donors (Lipinski definition) is 0. The second-order valence-corrected chi connectivity index (χ2v) is 6.20. The minimum absolute atomic E-state index is 0.0334. The first-order valence-electron chi connectivity index (χ1n) is 8.60. The minimum atomic E-state index is -0.0334. The zero-order valence-corrected chi connectivity index (χ0v) is 13.9. The van der Waals surface area contributed by atoms with Gasteiger partial charge in [0.25, 0.3) is 5.91 Å². The van der Waals surface area contributed by atoms with Crippen molar-refractivity contribution >= 4 is 11.6 Å². The molecule has 2 heterocycles. The average molecular weight is 329 g/mol. The first-order chi connectivity index (χ1) is 12.3. The van der Waals surface area contributed by atoms with E-state index in [1.807, 2.05) is 53.4 Å². The topological polar surface area (TPSA) is 46.1 Å². The zero-order valence-electron chi connectivity index (χ0n) is 13.9. The van der Waals surface area contributed by atoms with Crippen molar-refractivity contribution in [3.05, 3.63) is 78.1 Å². The SMILES string of the molecule is O=C(c1cnc(-c2ccccc2)nc1)N1CCCCc2ccccc21. The second-order valence-electron chi connectivity index (χ2n) is 6.20. The molecule has 0 spiro atoms. The molecule has 2 aromatic carbocycles. The third kappa shape index (κ3) is 3.15. The van der Waals surface area contributed by atoms with Crippen molar-refractivity contribution in [1.29, 1.82) is 0 Å². The van der Waals surface area contributed by atoms with Gasteiger partial charge in [-0.3, -0.25) is 4.79 Å². The Balaban J connectivity index is 1.63. The van der Waals surface area contributed by atoms with Crippen LogP contribution >= 0.6 is 0 Å². The Kier molecular flexibility index (Phi) is 4.25. The second kappa shape index (κ2) is 6.85. The molecule has 124 valence electrons. The molecule has 0 bridgehead atoms. The molecule has 0 fully saturated rings. The van der Waals surface area contributed by atoms with E-state index in [9.17, 15) is 4.79 Å². The Bertz CT molecular complexity index is 875. The van der Waals surface area contributed by atoms with E-state index >= 15 is 0 Å². The van der Waals surface area contributed by atoms with Crippen molar-refractivity contribution in [1.82, 2.24) is 9.97 Å². The highest BCUT2D eigenvalue weighted by Crippen LogP contribution is 2.27.